The van der Waals surface area contributed by atoms with Crippen molar-refractivity contribution in [1.82, 2.24) is 20.0 Å². The maximum absolute atomic E-state index is 12.6. The summed E-state index contributed by atoms with van der Waals surface area (Å²) in [5.74, 6) is -1.28. The van der Waals surface area contributed by atoms with Gasteiger partial charge >= 0.3 is 23.9 Å². The van der Waals surface area contributed by atoms with Crippen LogP contribution in [0.4, 0.5) is 28.4 Å². The summed E-state index contributed by atoms with van der Waals surface area (Å²) in [6.07, 6.45) is 9.44. The third kappa shape index (κ3) is 32.8. The van der Waals surface area contributed by atoms with Crippen molar-refractivity contribution in [2.24, 2.45) is 0 Å². The van der Waals surface area contributed by atoms with Crippen molar-refractivity contribution < 1.29 is 72.9 Å². The summed E-state index contributed by atoms with van der Waals surface area (Å²) in [6.45, 7) is 21.4. The summed E-state index contributed by atoms with van der Waals surface area (Å²) in [5.41, 5.74) is 12.1. The lowest BCUT2D eigenvalue weighted by atomic mass is 9.90. The van der Waals surface area contributed by atoms with Gasteiger partial charge in [0.25, 0.3) is 0 Å². The molecular formula is C103H126N10O15. The molecule has 1 amide bonds. The minimum atomic E-state index is -0.851. The lowest BCUT2D eigenvalue weighted by Crippen LogP contribution is -2.52. The number of likely N-dealkylation sites (tertiary alicyclic amines) is 3. The molecule has 4 heterocycles. The molecular weight excluding hydrogens is 1620 g/mol. The quantitative estimate of drug-likeness (QED) is 0.0138. The lowest BCUT2D eigenvalue weighted by Gasteiger charge is -2.40. The number of nitriles is 1. The molecule has 0 saturated carbocycles. The highest BCUT2D eigenvalue weighted by atomic mass is 16.5. The Kier molecular flexibility index (Phi) is 40.1. The first-order valence-electron chi connectivity index (χ1n) is 43.3. The fourth-order valence-corrected chi connectivity index (χ4v) is 15.6. The SMILES string of the molecule is COC(=O)c1ccc(N(C)CC2(O)CCN(C(=O)Cc3ccc(C)cc3)CC2)cc1.COC(=O)c1ccc(N(C)CC2(O)CCN(CCc3ccc(C)cc3)CC2)cc1.COC(=O)c1ccc(N(C)CC2(O)CCN(Cc3ccccc3)CC2)cc1.COC(=O)c1ccc(N(C)CC2(O)CCNCC2)cc1.N#Cc1ccccc1CC=O.[C-]#[N+]c1cccc(CC=O)c1. The zero-order valence-corrected chi connectivity index (χ0v) is 75.7. The van der Waals surface area contributed by atoms with Crippen molar-refractivity contribution >= 4 is 70.8 Å². The standard InChI is InChI=1S/C24H30N2O4.C24H32N2O3.C22H28N2O3.C15H22N2O3.2C9H7NO/c1-18-4-6-19(7-5-18)16-22(27)26-14-12-24(29,13-15-26)17-25(2)21-10-8-20(9-11-21)23(28)30-3;1-19-4-6-20(7-5-19)12-15-26-16-13-24(28,14-17-26)18-25(2)22-10-8-21(9-11-22)23(27)29-3;1-23(20-10-8-19(9-11-20)21(25)27-2)17-22(26)12-14-24(15-13-22)16-18-6-4-3-5-7-18;1-17(11-15(19)7-9-16-10-8-15)13-5-3-12(4-6-13)14(18)20-2;1-10-9-4-2-3-8(7-9)5-6-11;10-7-9-4-2-1-3-8(9)5-6-11/h4-11,29H,12-17H2,1-3H3;4-11,28H,12-18H2,1-3H3;3-11,26H,12-17H2,1-2H3;3-6,16,19H,7-11H2,1-2H3;2-4,6-7H,5H2;1-4,6H,5H2. The lowest BCUT2D eigenvalue weighted by molar-refractivity contribution is -0.134. The molecule has 0 radical (unpaired) electrons. The second-order valence-corrected chi connectivity index (χ2v) is 33.4. The third-order valence-corrected chi connectivity index (χ3v) is 23.6. The highest BCUT2D eigenvalue weighted by Gasteiger charge is 2.38. The van der Waals surface area contributed by atoms with Gasteiger partial charge in [-0.3, -0.25) is 9.69 Å². The van der Waals surface area contributed by atoms with Gasteiger partial charge in [0.2, 0.25) is 5.91 Å². The minimum absolute atomic E-state index is 0.104. The average Bonchev–Trinajstić information content (AvgIpc) is 0.828. The molecule has 5 N–H and O–H groups in total. The zero-order chi connectivity index (χ0) is 92.7. The third-order valence-electron chi connectivity index (χ3n) is 23.6. The van der Waals surface area contributed by atoms with E-state index in [0.29, 0.717) is 105 Å². The number of likely N-dealkylation sites (N-methyl/N-ethyl adjacent to an activating group) is 4. The number of nitrogens with zero attached hydrogens (tertiary/aromatic N) is 9. The Labute approximate surface area is 754 Å². The van der Waals surface area contributed by atoms with Crippen LogP contribution in [0.2, 0.25) is 0 Å². The Morgan fingerprint density at radius 3 is 1.18 bits per heavy atom. The Balaban J connectivity index is 0.000000196. The number of methoxy groups -OCH3 is 4. The highest BCUT2D eigenvalue weighted by molar-refractivity contribution is 5.91. The van der Waals surface area contributed by atoms with E-state index >= 15 is 0 Å². The second-order valence-electron chi connectivity index (χ2n) is 33.4. The van der Waals surface area contributed by atoms with E-state index in [-0.39, 0.29) is 29.8 Å². The number of carbonyl (C=O) groups is 7. The number of nitrogens with one attached hydrogen (secondary N) is 1. The van der Waals surface area contributed by atoms with Gasteiger partial charge in [0.05, 0.1) is 97.7 Å². The van der Waals surface area contributed by atoms with Gasteiger partial charge in [-0.2, -0.15) is 5.26 Å². The maximum atomic E-state index is 12.6. The Morgan fingerprint density at radius 2 is 0.797 bits per heavy atom. The fourth-order valence-electron chi connectivity index (χ4n) is 15.6. The van der Waals surface area contributed by atoms with Crippen molar-refractivity contribution in [3.8, 4) is 6.07 Å². The minimum Gasteiger partial charge on any atom is -0.465 e. The molecule has 9 aromatic rings. The van der Waals surface area contributed by atoms with Crippen LogP contribution in [0.1, 0.15) is 137 Å². The van der Waals surface area contributed by atoms with E-state index in [0.717, 1.165) is 149 Å². The smallest absolute Gasteiger partial charge is 0.337 e. The van der Waals surface area contributed by atoms with Crippen LogP contribution in [0.5, 0.6) is 0 Å². The van der Waals surface area contributed by atoms with Crippen LogP contribution in [-0.2, 0) is 65.6 Å². The van der Waals surface area contributed by atoms with E-state index in [4.69, 9.17) is 26.0 Å². The molecule has 4 aliphatic rings. The van der Waals surface area contributed by atoms with E-state index in [1.165, 1.54) is 50.7 Å². The van der Waals surface area contributed by atoms with Crippen molar-refractivity contribution in [3.63, 3.8) is 0 Å². The first-order chi connectivity index (χ1) is 61.4. The maximum Gasteiger partial charge on any atom is 0.337 e. The van der Waals surface area contributed by atoms with Crippen LogP contribution in [0.25, 0.3) is 4.85 Å². The summed E-state index contributed by atoms with van der Waals surface area (Å²) >= 11 is 0. The molecule has 0 aliphatic carbocycles. The van der Waals surface area contributed by atoms with Gasteiger partial charge in [-0.1, -0.05) is 138 Å². The van der Waals surface area contributed by atoms with E-state index in [2.05, 4.69) is 85.1 Å². The number of piperidine rings is 4. The van der Waals surface area contributed by atoms with Crippen LogP contribution >= 0.6 is 0 Å². The van der Waals surface area contributed by atoms with E-state index in [9.17, 15) is 54.0 Å². The first kappa shape index (κ1) is 101. The summed E-state index contributed by atoms with van der Waals surface area (Å²) in [6, 6.07) is 72.3. The van der Waals surface area contributed by atoms with Gasteiger partial charge in [0, 0.05) is 142 Å². The van der Waals surface area contributed by atoms with Crippen molar-refractivity contribution in [1.29, 1.82) is 5.26 Å². The molecule has 9 aromatic carbocycles. The molecule has 128 heavy (non-hydrogen) atoms. The molecule has 0 spiro atoms. The molecule has 13 rings (SSSR count). The number of carbonyl (C=O) groups excluding carboxylic acids is 7. The molecule has 0 unspecified atom stereocenters. The molecule has 25 heteroatoms. The molecule has 0 aromatic heterocycles. The number of aliphatic hydroxyl groups is 4. The number of hydrogen-bond acceptors (Lipinski definition) is 23. The second kappa shape index (κ2) is 50.8. The van der Waals surface area contributed by atoms with Crippen LogP contribution in [0, 0.1) is 31.8 Å². The van der Waals surface area contributed by atoms with E-state index < -0.39 is 22.4 Å². The van der Waals surface area contributed by atoms with Gasteiger partial charge in [0.1, 0.15) is 12.6 Å². The predicted octanol–water partition coefficient (Wildman–Crippen LogP) is 13.3. The Bertz CT molecular complexity index is 5040. The normalized spacial score (nSPS) is 15.1. The van der Waals surface area contributed by atoms with Gasteiger partial charge < -0.3 is 83.7 Å². The number of rotatable bonds is 27. The number of aldehydes is 2. The van der Waals surface area contributed by atoms with Crippen molar-refractivity contribution in [3.05, 3.63) is 303 Å². The first-order valence-corrected chi connectivity index (χ1v) is 43.3. The van der Waals surface area contributed by atoms with Gasteiger partial charge in [-0.15, -0.1) is 0 Å². The van der Waals surface area contributed by atoms with E-state index in [1.54, 1.807) is 84.9 Å². The molecule has 4 aliphatic heterocycles. The molecule has 678 valence electrons. The summed E-state index contributed by atoms with van der Waals surface area (Å²) in [7, 11) is 13.3. The number of hydrogen-bond donors (Lipinski definition) is 5. The van der Waals surface area contributed by atoms with Gasteiger partial charge in [-0.05, 0) is 210 Å². The fraction of sp³-hybridized carbons (Fsp3) is 0.388. The summed E-state index contributed by atoms with van der Waals surface area (Å²) < 4.78 is 18.9. The van der Waals surface area contributed by atoms with Crippen LogP contribution in [0.3, 0.4) is 0 Å². The number of aryl methyl sites for hydroxylation is 2. The number of ether oxygens (including phenoxy) is 4. The topological polar surface area (TPSA) is 300 Å². The van der Waals surface area contributed by atoms with Crippen LogP contribution < -0.4 is 24.9 Å². The van der Waals surface area contributed by atoms with Crippen molar-refractivity contribution in [2.45, 2.75) is 120 Å². The van der Waals surface area contributed by atoms with Crippen molar-refractivity contribution in [2.75, 3.05) is 161 Å². The molecule has 0 atom stereocenters. The molecule has 4 saturated heterocycles. The van der Waals surface area contributed by atoms with Crippen LogP contribution in [-0.4, -0.2) is 242 Å². The van der Waals surface area contributed by atoms with E-state index in [1.807, 2.05) is 152 Å². The monoisotopic (exact) mass is 1740 g/mol. The summed E-state index contributed by atoms with van der Waals surface area (Å²) in [5, 5.41) is 55.5. The Hall–Kier alpha value is -12.4. The number of amides is 1. The van der Waals surface area contributed by atoms with Gasteiger partial charge in [-0.25, -0.2) is 24.0 Å². The molecule has 25 nitrogen and oxygen atoms in total. The number of esters is 4. The molecule has 4 fully saturated rings. The Morgan fingerprint density at radius 1 is 0.438 bits per heavy atom. The zero-order valence-electron chi connectivity index (χ0n) is 75.7. The largest absolute Gasteiger partial charge is 0.465 e. The average molecular weight is 1740 g/mol. The summed E-state index contributed by atoms with van der Waals surface area (Å²) in [4.78, 5) is 97.0. The predicted molar refractivity (Wildman–Crippen MR) is 502 cm³/mol. The van der Waals surface area contributed by atoms with Gasteiger partial charge in [0.15, 0.2) is 5.69 Å². The highest BCUT2D eigenvalue weighted by Crippen LogP contribution is 2.32. The molecule has 0 bridgehead atoms. The van der Waals surface area contributed by atoms with Crippen LogP contribution in [0.15, 0.2) is 224 Å². The number of benzene rings is 9. The number of anilines is 4.